The number of aliphatic hydroxyl groups is 1. The van der Waals surface area contributed by atoms with Crippen LogP contribution in [0.25, 0.3) is 5.70 Å². The first kappa shape index (κ1) is 15.2. The molecule has 19 heavy (non-hydrogen) atoms. The van der Waals surface area contributed by atoms with E-state index in [1.54, 1.807) is 0 Å². The Hall–Kier alpha value is -1.89. The number of hydrogen-bond acceptors (Lipinski definition) is 2. The first-order valence-corrected chi connectivity index (χ1v) is 5.15. The van der Waals surface area contributed by atoms with Crippen LogP contribution in [0, 0.1) is 6.92 Å². The second-order valence-electron chi connectivity index (χ2n) is 3.74. The molecule has 1 heterocycles. The second-order valence-corrected chi connectivity index (χ2v) is 3.74. The van der Waals surface area contributed by atoms with Crippen LogP contribution in [0.3, 0.4) is 0 Å². The summed E-state index contributed by atoms with van der Waals surface area (Å²) in [4.78, 5) is 0. The van der Waals surface area contributed by atoms with E-state index < -0.39 is 17.7 Å². The molecule has 0 saturated carbocycles. The zero-order valence-electron chi connectivity index (χ0n) is 10.1. The Kier molecular flexibility index (Phi) is 4.00. The predicted molar refractivity (Wildman–Crippen MR) is 62.7 cm³/mol. The van der Waals surface area contributed by atoms with Gasteiger partial charge in [-0.05, 0) is 24.6 Å². The Morgan fingerprint density at radius 1 is 1.37 bits per heavy atom. The van der Waals surface area contributed by atoms with Crippen LogP contribution in [0.2, 0.25) is 0 Å². The summed E-state index contributed by atoms with van der Waals surface area (Å²) in [5.74, 6) is -4.50. The van der Waals surface area contributed by atoms with Gasteiger partial charge in [0.15, 0.2) is 0 Å². The van der Waals surface area contributed by atoms with Crippen LogP contribution < -0.4 is 0 Å². The van der Waals surface area contributed by atoms with Gasteiger partial charge in [-0.3, -0.25) is 0 Å². The van der Waals surface area contributed by atoms with Gasteiger partial charge in [0.2, 0.25) is 0 Å². The molecule has 1 atom stereocenters. The summed E-state index contributed by atoms with van der Waals surface area (Å²) in [6, 6.07) is 0. The molecule has 1 unspecified atom stereocenters. The van der Waals surface area contributed by atoms with E-state index in [-0.39, 0.29) is 11.3 Å². The van der Waals surface area contributed by atoms with Gasteiger partial charge in [0.1, 0.15) is 5.69 Å². The smallest absolute Gasteiger partial charge is 0.350 e. The first-order valence-electron chi connectivity index (χ1n) is 5.15. The summed E-state index contributed by atoms with van der Waals surface area (Å²) in [7, 11) is 0. The second kappa shape index (κ2) is 5.00. The van der Waals surface area contributed by atoms with Crippen molar-refractivity contribution >= 4 is 5.70 Å². The minimum absolute atomic E-state index is 0.0541. The van der Waals surface area contributed by atoms with Crippen LogP contribution in [0.1, 0.15) is 11.3 Å². The minimum Gasteiger partial charge on any atom is -0.350 e. The molecule has 0 fully saturated rings. The molecule has 0 aliphatic carbocycles. The van der Waals surface area contributed by atoms with E-state index in [2.05, 4.69) is 18.3 Å². The Balaban J connectivity index is 3.54. The van der Waals surface area contributed by atoms with Crippen molar-refractivity contribution in [2.45, 2.75) is 19.0 Å². The van der Waals surface area contributed by atoms with Gasteiger partial charge >= 0.3 is 12.0 Å². The molecule has 0 aromatic carbocycles. The third-order valence-corrected chi connectivity index (χ3v) is 2.38. The van der Waals surface area contributed by atoms with Gasteiger partial charge in [0.25, 0.3) is 0 Å². The zero-order chi connectivity index (χ0) is 14.8. The van der Waals surface area contributed by atoms with Gasteiger partial charge in [-0.15, -0.1) is 0 Å². The Labute approximate surface area is 107 Å². The molecule has 0 amide bonds. The molecular weight excluding hydrogens is 264 g/mol. The van der Waals surface area contributed by atoms with E-state index in [0.717, 1.165) is 6.20 Å². The molecule has 7 heteroatoms. The molecule has 1 N–H and O–H groups in total. The number of alkyl halides is 4. The monoisotopic (exact) mass is 276 g/mol. The molecule has 1 rings (SSSR count). The number of hydrogen-bond donors (Lipinski definition) is 1. The highest BCUT2D eigenvalue weighted by Gasteiger charge is 2.59. The summed E-state index contributed by atoms with van der Waals surface area (Å²) in [6.07, 6.45) is -0.718. The van der Waals surface area contributed by atoms with Gasteiger partial charge < -0.3 is 5.11 Å². The molecule has 0 aliphatic rings. The molecule has 1 aromatic rings. The van der Waals surface area contributed by atoms with Crippen LogP contribution >= 0.6 is 0 Å². The molecule has 1 aromatic heterocycles. The topological polar surface area (TPSA) is 38.0 Å². The summed E-state index contributed by atoms with van der Waals surface area (Å²) in [5.41, 5.74) is -1.09. The van der Waals surface area contributed by atoms with Crippen LogP contribution in [-0.4, -0.2) is 21.1 Å². The Morgan fingerprint density at radius 3 is 2.37 bits per heavy atom. The average Bonchev–Trinajstić information content (AvgIpc) is 2.66. The number of halogens is 4. The van der Waals surface area contributed by atoms with Crippen molar-refractivity contribution in [1.29, 1.82) is 0 Å². The molecular formula is C12H12F4N2O. The van der Waals surface area contributed by atoms with Crippen molar-refractivity contribution in [1.82, 2.24) is 9.78 Å². The SMILES string of the molecule is C=C/C=C(\C=C)n1ncc(C)c1C(O)(F)C(F)(F)F. The summed E-state index contributed by atoms with van der Waals surface area (Å²) < 4.78 is 52.1. The molecule has 0 bridgehead atoms. The lowest BCUT2D eigenvalue weighted by atomic mass is 10.1. The fraction of sp³-hybridized carbons (Fsp3) is 0.250. The summed E-state index contributed by atoms with van der Waals surface area (Å²) in [6.45, 7) is 7.98. The van der Waals surface area contributed by atoms with Crippen molar-refractivity contribution < 1.29 is 22.7 Å². The highest BCUT2D eigenvalue weighted by Crippen LogP contribution is 2.42. The first-order chi connectivity index (χ1) is 8.66. The summed E-state index contributed by atoms with van der Waals surface area (Å²) in [5, 5.41) is 12.8. The van der Waals surface area contributed by atoms with Crippen LogP contribution in [-0.2, 0) is 5.85 Å². The fourth-order valence-electron chi connectivity index (χ4n) is 1.51. The molecule has 3 nitrogen and oxygen atoms in total. The predicted octanol–water partition coefficient (Wildman–Crippen LogP) is 3.08. The van der Waals surface area contributed by atoms with E-state index in [0.29, 0.717) is 4.68 Å². The van der Waals surface area contributed by atoms with Crippen molar-refractivity contribution in [3.05, 3.63) is 48.8 Å². The lowest BCUT2D eigenvalue weighted by molar-refractivity contribution is -0.326. The largest absolute Gasteiger partial charge is 0.454 e. The van der Waals surface area contributed by atoms with E-state index >= 15 is 0 Å². The van der Waals surface area contributed by atoms with Gasteiger partial charge in [-0.25, -0.2) is 4.68 Å². The standard InChI is InChI=1S/C12H12F4N2O/c1-4-6-9(5-2)18-10(8(3)7-17-18)11(13,19)12(14,15)16/h4-7,19H,1-2H2,3H3/b9-6+. The average molecular weight is 276 g/mol. The van der Waals surface area contributed by atoms with E-state index in [1.165, 1.54) is 25.2 Å². The molecule has 0 spiro atoms. The van der Waals surface area contributed by atoms with E-state index in [4.69, 9.17) is 5.11 Å². The van der Waals surface area contributed by atoms with Crippen molar-refractivity contribution in [2.75, 3.05) is 0 Å². The maximum absolute atomic E-state index is 13.7. The number of nitrogens with zero attached hydrogens (tertiary/aromatic N) is 2. The number of aryl methyl sites for hydroxylation is 1. The Morgan fingerprint density at radius 2 is 1.95 bits per heavy atom. The Bertz CT molecular complexity index is 526. The maximum atomic E-state index is 13.7. The van der Waals surface area contributed by atoms with Crippen molar-refractivity contribution in [2.24, 2.45) is 0 Å². The number of rotatable bonds is 4. The molecule has 0 saturated heterocycles. The third-order valence-electron chi connectivity index (χ3n) is 2.38. The van der Waals surface area contributed by atoms with E-state index in [1.807, 2.05) is 0 Å². The van der Waals surface area contributed by atoms with Gasteiger partial charge in [-0.1, -0.05) is 19.2 Å². The highest BCUT2D eigenvalue weighted by molar-refractivity contribution is 5.59. The van der Waals surface area contributed by atoms with Crippen molar-refractivity contribution in [3.63, 3.8) is 0 Å². The van der Waals surface area contributed by atoms with Crippen LogP contribution in [0.5, 0.6) is 0 Å². The molecule has 0 aliphatic heterocycles. The van der Waals surface area contributed by atoms with Crippen LogP contribution in [0.4, 0.5) is 17.6 Å². The summed E-state index contributed by atoms with van der Waals surface area (Å²) >= 11 is 0. The molecule has 104 valence electrons. The quantitative estimate of drug-likeness (QED) is 0.678. The van der Waals surface area contributed by atoms with Gasteiger partial charge in [-0.2, -0.15) is 22.7 Å². The molecule has 0 radical (unpaired) electrons. The highest BCUT2D eigenvalue weighted by atomic mass is 19.4. The zero-order valence-corrected chi connectivity index (χ0v) is 10.1. The fourth-order valence-corrected chi connectivity index (χ4v) is 1.51. The number of aromatic nitrogens is 2. The van der Waals surface area contributed by atoms with Crippen LogP contribution in [0.15, 0.2) is 37.6 Å². The minimum atomic E-state index is -5.48. The van der Waals surface area contributed by atoms with Gasteiger partial charge in [0, 0.05) is 0 Å². The third kappa shape index (κ3) is 2.60. The maximum Gasteiger partial charge on any atom is 0.454 e. The normalized spacial score (nSPS) is 16.0. The number of allylic oxidation sites excluding steroid dienone is 4. The lowest BCUT2D eigenvalue weighted by Crippen LogP contribution is -2.40. The van der Waals surface area contributed by atoms with E-state index in [9.17, 15) is 17.6 Å². The lowest BCUT2D eigenvalue weighted by Gasteiger charge is -2.24. The van der Waals surface area contributed by atoms with Gasteiger partial charge in [0.05, 0.1) is 11.9 Å². The van der Waals surface area contributed by atoms with Crippen molar-refractivity contribution in [3.8, 4) is 0 Å².